The standard InChI is InChI=1S/C19H24N4O4S/c1-27-17-8-4-3-7-16(17)22-18-15(6-5-11-20-18)19(24)21-14-9-12-23(13-10-14)28(2,25)26/h3-8,11,14H,9-10,12-13H2,1-2H3,(H,20,22)(H,21,24). The topological polar surface area (TPSA) is 101 Å². The van der Waals surface area contributed by atoms with Crippen LogP contribution in [0.4, 0.5) is 11.5 Å². The number of para-hydroxylation sites is 2. The highest BCUT2D eigenvalue weighted by atomic mass is 32.2. The first-order chi connectivity index (χ1) is 13.4. The molecule has 0 spiro atoms. The first-order valence-electron chi connectivity index (χ1n) is 8.99. The first-order valence-corrected chi connectivity index (χ1v) is 10.8. The van der Waals surface area contributed by atoms with E-state index >= 15 is 0 Å². The van der Waals surface area contributed by atoms with E-state index in [1.165, 1.54) is 10.6 Å². The number of ether oxygens (including phenoxy) is 1. The number of piperidine rings is 1. The molecule has 1 aliphatic rings. The Bertz CT molecular complexity index is 940. The van der Waals surface area contributed by atoms with Crippen LogP contribution in [0.1, 0.15) is 23.2 Å². The Morgan fingerprint density at radius 2 is 1.89 bits per heavy atom. The number of anilines is 2. The molecule has 9 heteroatoms. The average molecular weight is 404 g/mol. The van der Waals surface area contributed by atoms with Crippen LogP contribution in [0.2, 0.25) is 0 Å². The molecule has 2 heterocycles. The number of methoxy groups -OCH3 is 1. The van der Waals surface area contributed by atoms with Crippen molar-refractivity contribution in [2.45, 2.75) is 18.9 Å². The number of hydrogen-bond donors (Lipinski definition) is 2. The highest BCUT2D eigenvalue weighted by molar-refractivity contribution is 7.88. The summed E-state index contributed by atoms with van der Waals surface area (Å²) in [7, 11) is -1.61. The van der Waals surface area contributed by atoms with Crippen molar-refractivity contribution in [3.05, 3.63) is 48.2 Å². The van der Waals surface area contributed by atoms with Crippen LogP contribution in [0.25, 0.3) is 0 Å². The maximum atomic E-state index is 12.8. The Morgan fingerprint density at radius 3 is 2.57 bits per heavy atom. The lowest BCUT2D eigenvalue weighted by Crippen LogP contribution is -2.46. The molecule has 1 aromatic carbocycles. The Kier molecular flexibility index (Phi) is 6.15. The summed E-state index contributed by atoms with van der Waals surface area (Å²) >= 11 is 0. The van der Waals surface area contributed by atoms with E-state index in [9.17, 15) is 13.2 Å². The maximum Gasteiger partial charge on any atom is 0.255 e. The van der Waals surface area contributed by atoms with Gasteiger partial charge in [0.05, 0.1) is 24.6 Å². The molecule has 1 amide bonds. The molecule has 2 aromatic rings. The highest BCUT2D eigenvalue weighted by Crippen LogP contribution is 2.27. The van der Waals surface area contributed by atoms with Crippen molar-refractivity contribution in [1.29, 1.82) is 0 Å². The number of amides is 1. The summed E-state index contributed by atoms with van der Waals surface area (Å²) in [6.45, 7) is 0.812. The lowest BCUT2D eigenvalue weighted by Gasteiger charge is -2.30. The van der Waals surface area contributed by atoms with Crippen molar-refractivity contribution in [2.24, 2.45) is 0 Å². The monoisotopic (exact) mass is 404 g/mol. The number of benzene rings is 1. The molecule has 28 heavy (non-hydrogen) atoms. The molecule has 1 aliphatic heterocycles. The molecule has 1 aromatic heterocycles. The quantitative estimate of drug-likeness (QED) is 0.764. The van der Waals surface area contributed by atoms with Crippen molar-refractivity contribution in [2.75, 3.05) is 31.8 Å². The zero-order valence-corrected chi connectivity index (χ0v) is 16.7. The zero-order chi connectivity index (χ0) is 20.1. The molecular weight excluding hydrogens is 380 g/mol. The van der Waals surface area contributed by atoms with Crippen LogP contribution >= 0.6 is 0 Å². The number of sulfonamides is 1. The van der Waals surface area contributed by atoms with Crippen molar-refractivity contribution in [1.82, 2.24) is 14.6 Å². The van der Waals surface area contributed by atoms with E-state index in [0.717, 1.165) is 0 Å². The molecule has 1 saturated heterocycles. The normalized spacial score (nSPS) is 15.8. The summed E-state index contributed by atoms with van der Waals surface area (Å²) in [6, 6.07) is 10.7. The summed E-state index contributed by atoms with van der Waals surface area (Å²) in [5.74, 6) is 0.828. The van der Waals surface area contributed by atoms with Gasteiger partial charge in [-0.1, -0.05) is 12.1 Å². The van der Waals surface area contributed by atoms with Crippen LogP contribution in [0.5, 0.6) is 5.75 Å². The van der Waals surface area contributed by atoms with Crippen molar-refractivity contribution in [3.8, 4) is 5.75 Å². The Balaban J connectivity index is 1.70. The van der Waals surface area contributed by atoms with E-state index in [4.69, 9.17) is 4.74 Å². The van der Waals surface area contributed by atoms with E-state index in [2.05, 4.69) is 15.6 Å². The van der Waals surface area contributed by atoms with Crippen LogP contribution < -0.4 is 15.4 Å². The number of nitrogens with zero attached hydrogens (tertiary/aromatic N) is 2. The van der Waals surface area contributed by atoms with Crippen molar-refractivity contribution in [3.63, 3.8) is 0 Å². The number of nitrogens with one attached hydrogen (secondary N) is 2. The van der Waals surface area contributed by atoms with E-state index in [-0.39, 0.29) is 11.9 Å². The van der Waals surface area contributed by atoms with Gasteiger partial charge in [0.1, 0.15) is 11.6 Å². The molecule has 0 unspecified atom stereocenters. The molecule has 0 saturated carbocycles. The van der Waals surface area contributed by atoms with Crippen LogP contribution in [0.3, 0.4) is 0 Å². The summed E-state index contributed by atoms with van der Waals surface area (Å²) in [6.07, 6.45) is 3.97. The minimum absolute atomic E-state index is 0.0789. The largest absolute Gasteiger partial charge is 0.495 e. The van der Waals surface area contributed by atoms with Crippen LogP contribution in [0.15, 0.2) is 42.6 Å². The third-order valence-electron chi connectivity index (χ3n) is 4.67. The molecule has 2 N–H and O–H groups in total. The second-order valence-electron chi connectivity index (χ2n) is 6.63. The van der Waals surface area contributed by atoms with E-state index in [0.29, 0.717) is 48.7 Å². The van der Waals surface area contributed by atoms with Gasteiger partial charge in [0, 0.05) is 25.3 Å². The van der Waals surface area contributed by atoms with Gasteiger partial charge in [-0.05, 0) is 37.1 Å². The second kappa shape index (κ2) is 8.57. The average Bonchev–Trinajstić information content (AvgIpc) is 2.68. The molecule has 0 bridgehead atoms. The smallest absolute Gasteiger partial charge is 0.255 e. The zero-order valence-electron chi connectivity index (χ0n) is 15.9. The number of carbonyl (C=O) groups is 1. The lowest BCUT2D eigenvalue weighted by molar-refractivity contribution is 0.0924. The summed E-state index contributed by atoms with van der Waals surface area (Å²) in [5, 5.41) is 6.14. The fourth-order valence-corrected chi connectivity index (χ4v) is 4.03. The third-order valence-corrected chi connectivity index (χ3v) is 5.97. The molecule has 1 fully saturated rings. The number of hydrogen-bond acceptors (Lipinski definition) is 6. The van der Waals surface area contributed by atoms with Crippen LogP contribution in [0, 0.1) is 0 Å². The van der Waals surface area contributed by atoms with Crippen LogP contribution in [-0.2, 0) is 10.0 Å². The molecular formula is C19H24N4O4S. The summed E-state index contributed by atoms with van der Waals surface area (Å²) < 4.78 is 30.0. The maximum absolute atomic E-state index is 12.8. The first kappa shape index (κ1) is 20.1. The van der Waals surface area contributed by atoms with Gasteiger partial charge >= 0.3 is 0 Å². The number of aromatic nitrogens is 1. The Morgan fingerprint density at radius 1 is 1.18 bits per heavy atom. The predicted molar refractivity (Wildman–Crippen MR) is 107 cm³/mol. The fraction of sp³-hybridized carbons (Fsp3) is 0.368. The highest BCUT2D eigenvalue weighted by Gasteiger charge is 2.26. The minimum Gasteiger partial charge on any atom is -0.495 e. The molecule has 0 radical (unpaired) electrons. The van der Waals surface area contributed by atoms with Gasteiger partial charge in [0.15, 0.2) is 0 Å². The van der Waals surface area contributed by atoms with E-state index < -0.39 is 10.0 Å². The molecule has 0 atom stereocenters. The molecule has 8 nitrogen and oxygen atoms in total. The lowest BCUT2D eigenvalue weighted by atomic mass is 10.1. The Hall–Kier alpha value is -2.65. The van der Waals surface area contributed by atoms with Gasteiger partial charge in [-0.25, -0.2) is 17.7 Å². The third kappa shape index (κ3) is 4.79. The summed E-state index contributed by atoms with van der Waals surface area (Å²) in [5.41, 5.74) is 1.12. The minimum atomic E-state index is -3.19. The summed E-state index contributed by atoms with van der Waals surface area (Å²) in [4.78, 5) is 17.1. The van der Waals surface area contributed by atoms with E-state index in [1.807, 2.05) is 24.3 Å². The van der Waals surface area contributed by atoms with Gasteiger partial charge in [-0.2, -0.15) is 0 Å². The van der Waals surface area contributed by atoms with Gasteiger partial charge in [0.25, 0.3) is 5.91 Å². The molecule has 3 rings (SSSR count). The number of carbonyl (C=O) groups excluding carboxylic acids is 1. The van der Waals surface area contributed by atoms with Crippen molar-refractivity contribution >= 4 is 27.4 Å². The molecule has 0 aliphatic carbocycles. The number of rotatable bonds is 6. The van der Waals surface area contributed by atoms with Gasteiger partial charge in [0.2, 0.25) is 10.0 Å². The Labute approximate surface area is 165 Å². The SMILES string of the molecule is COc1ccccc1Nc1ncccc1C(=O)NC1CCN(S(C)(=O)=O)CC1. The van der Waals surface area contributed by atoms with Gasteiger partial charge in [-0.15, -0.1) is 0 Å². The number of pyridine rings is 1. The van der Waals surface area contributed by atoms with Crippen molar-refractivity contribution < 1.29 is 17.9 Å². The fourth-order valence-electron chi connectivity index (χ4n) is 3.16. The van der Waals surface area contributed by atoms with E-state index in [1.54, 1.807) is 25.4 Å². The van der Waals surface area contributed by atoms with Crippen LogP contribution in [-0.4, -0.2) is 56.1 Å². The van der Waals surface area contributed by atoms with Gasteiger partial charge in [-0.3, -0.25) is 4.79 Å². The predicted octanol–water partition coefficient (Wildman–Crippen LogP) is 1.99. The molecule has 150 valence electrons. The van der Waals surface area contributed by atoms with Gasteiger partial charge < -0.3 is 15.4 Å². The second-order valence-corrected chi connectivity index (χ2v) is 8.62.